The van der Waals surface area contributed by atoms with E-state index in [0.29, 0.717) is 4.21 Å². The molecule has 0 bridgehead atoms. The molecule has 4 nitrogen and oxygen atoms in total. The van der Waals surface area contributed by atoms with Crippen LogP contribution in [-0.4, -0.2) is 27.5 Å². The van der Waals surface area contributed by atoms with Gasteiger partial charge in [0.2, 0.25) is 10.0 Å². The monoisotopic (exact) mass is 318 g/mol. The first-order valence-electron chi connectivity index (χ1n) is 7.31. The zero-order chi connectivity index (χ0) is 15.0. The number of hydrogen-bond donors (Lipinski definition) is 2. The number of thiophene rings is 1. The molecule has 0 amide bonds. The molecule has 1 unspecified atom stereocenters. The van der Waals surface area contributed by atoms with Crippen molar-refractivity contribution >= 4 is 21.4 Å². The van der Waals surface area contributed by atoms with Crippen LogP contribution in [0.5, 0.6) is 0 Å². The molecule has 0 saturated heterocycles. The topological polar surface area (TPSA) is 58.2 Å². The van der Waals surface area contributed by atoms with Crippen molar-refractivity contribution in [3.8, 4) is 0 Å². The Bertz CT molecular complexity index is 483. The van der Waals surface area contributed by atoms with Crippen molar-refractivity contribution in [1.29, 1.82) is 0 Å². The van der Waals surface area contributed by atoms with Gasteiger partial charge >= 0.3 is 0 Å². The summed E-state index contributed by atoms with van der Waals surface area (Å²) >= 11 is 1.37. The fourth-order valence-electron chi connectivity index (χ4n) is 1.97. The largest absolute Gasteiger partial charge is 0.316 e. The quantitative estimate of drug-likeness (QED) is 0.652. The predicted molar refractivity (Wildman–Crippen MR) is 85.9 cm³/mol. The van der Waals surface area contributed by atoms with Gasteiger partial charge in [-0.05, 0) is 51.4 Å². The average Bonchev–Trinajstić information content (AvgIpc) is 2.84. The lowest BCUT2D eigenvalue weighted by molar-refractivity contribution is 0.545. The fraction of sp³-hybridized carbons (Fsp3) is 0.714. The van der Waals surface area contributed by atoms with Crippen LogP contribution >= 0.6 is 11.3 Å². The zero-order valence-corrected chi connectivity index (χ0v) is 14.2. The molecule has 1 heterocycles. The highest BCUT2D eigenvalue weighted by atomic mass is 32.2. The third-order valence-electron chi connectivity index (χ3n) is 2.95. The van der Waals surface area contributed by atoms with Crippen LogP contribution < -0.4 is 10.0 Å². The van der Waals surface area contributed by atoms with Crippen molar-refractivity contribution in [2.45, 2.75) is 56.7 Å². The molecule has 0 aromatic carbocycles. The lowest BCUT2D eigenvalue weighted by Gasteiger charge is -2.11. The lowest BCUT2D eigenvalue weighted by Crippen LogP contribution is -2.31. The van der Waals surface area contributed by atoms with E-state index in [9.17, 15) is 8.42 Å². The summed E-state index contributed by atoms with van der Waals surface area (Å²) in [5, 5.41) is 3.32. The van der Waals surface area contributed by atoms with Crippen LogP contribution in [-0.2, 0) is 16.4 Å². The van der Waals surface area contributed by atoms with Gasteiger partial charge in [0.25, 0.3) is 0 Å². The Morgan fingerprint density at radius 2 is 1.95 bits per heavy atom. The molecule has 0 spiro atoms. The van der Waals surface area contributed by atoms with E-state index in [1.807, 2.05) is 13.0 Å². The van der Waals surface area contributed by atoms with Gasteiger partial charge in [0, 0.05) is 10.9 Å². The van der Waals surface area contributed by atoms with Gasteiger partial charge in [-0.3, -0.25) is 0 Å². The van der Waals surface area contributed by atoms with E-state index < -0.39 is 10.0 Å². The van der Waals surface area contributed by atoms with Crippen LogP contribution in [0.2, 0.25) is 0 Å². The highest BCUT2D eigenvalue weighted by molar-refractivity contribution is 7.91. The Morgan fingerprint density at radius 1 is 1.20 bits per heavy atom. The third-order valence-corrected chi connectivity index (χ3v) is 6.18. The molecule has 1 aromatic rings. The molecule has 116 valence electrons. The lowest BCUT2D eigenvalue weighted by atomic mass is 10.2. The molecule has 2 N–H and O–H groups in total. The van der Waals surface area contributed by atoms with Crippen LogP contribution in [0.15, 0.2) is 16.3 Å². The maximum atomic E-state index is 12.2. The van der Waals surface area contributed by atoms with E-state index in [1.54, 1.807) is 6.07 Å². The highest BCUT2D eigenvalue weighted by Crippen LogP contribution is 2.22. The van der Waals surface area contributed by atoms with E-state index in [4.69, 9.17) is 0 Å². The van der Waals surface area contributed by atoms with Gasteiger partial charge in [-0.1, -0.05) is 20.3 Å². The van der Waals surface area contributed by atoms with Crippen molar-refractivity contribution in [3.63, 3.8) is 0 Å². The molecule has 0 aliphatic rings. The summed E-state index contributed by atoms with van der Waals surface area (Å²) in [7, 11) is -3.35. The van der Waals surface area contributed by atoms with Crippen molar-refractivity contribution in [3.05, 3.63) is 17.0 Å². The second-order valence-electron chi connectivity index (χ2n) is 5.03. The maximum Gasteiger partial charge on any atom is 0.250 e. The first-order chi connectivity index (χ1) is 9.49. The van der Waals surface area contributed by atoms with Gasteiger partial charge < -0.3 is 5.32 Å². The molecule has 0 fully saturated rings. The minimum absolute atomic E-state index is 0.0122. The van der Waals surface area contributed by atoms with E-state index in [1.165, 1.54) is 11.3 Å². The summed E-state index contributed by atoms with van der Waals surface area (Å²) in [6, 6.07) is 3.61. The summed E-state index contributed by atoms with van der Waals surface area (Å²) in [5.41, 5.74) is 0. The second-order valence-corrected chi connectivity index (χ2v) is 8.14. The second kappa shape index (κ2) is 8.77. The van der Waals surface area contributed by atoms with Crippen molar-refractivity contribution in [1.82, 2.24) is 10.0 Å². The molecule has 1 rings (SSSR count). The smallest absolute Gasteiger partial charge is 0.250 e. The van der Waals surface area contributed by atoms with E-state index >= 15 is 0 Å². The van der Waals surface area contributed by atoms with Crippen LogP contribution in [0, 0.1) is 0 Å². The molecule has 1 aromatic heterocycles. The van der Waals surface area contributed by atoms with Gasteiger partial charge in [0.05, 0.1) is 0 Å². The van der Waals surface area contributed by atoms with Gasteiger partial charge in [0.15, 0.2) is 0 Å². The van der Waals surface area contributed by atoms with Crippen LogP contribution in [0.1, 0.15) is 44.9 Å². The number of nitrogens with one attached hydrogen (secondary N) is 2. The van der Waals surface area contributed by atoms with Crippen molar-refractivity contribution in [2.75, 3.05) is 13.1 Å². The van der Waals surface area contributed by atoms with Crippen LogP contribution in [0.4, 0.5) is 0 Å². The van der Waals surface area contributed by atoms with Gasteiger partial charge in [-0.2, -0.15) is 0 Å². The number of sulfonamides is 1. The summed E-state index contributed by atoms with van der Waals surface area (Å²) in [6.07, 6.45) is 3.83. The van der Waals surface area contributed by atoms with Crippen molar-refractivity contribution in [2.24, 2.45) is 0 Å². The fourth-order valence-corrected chi connectivity index (χ4v) is 4.62. The average molecular weight is 319 g/mol. The molecular weight excluding hydrogens is 292 g/mol. The summed E-state index contributed by atoms with van der Waals surface area (Å²) in [6.45, 7) is 7.99. The zero-order valence-electron chi connectivity index (χ0n) is 12.6. The minimum atomic E-state index is -3.35. The van der Waals surface area contributed by atoms with Crippen LogP contribution in [0.3, 0.4) is 0 Å². The Balaban J connectivity index is 2.56. The third kappa shape index (κ3) is 5.91. The molecule has 20 heavy (non-hydrogen) atoms. The molecular formula is C14H26N2O2S2. The number of hydrogen-bond acceptors (Lipinski definition) is 4. The molecule has 1 atom stereocenters. The summed E-state index contributed by atoms with van der Waals surface area (Å²) in [4.78, 5) is 1.11. The highest BCUT2D eigenvalue weighted by Gasteiger charge is 2.19. The summed E-state index contributed by atoms with van der Waals surface area (Å²) < 4.78 is 27.5. The molecule has 0 aliphatic carbocycles. The van der Waals surface area contributed by atoms with E-state index in [2.05, 4.69) is 23.9 Å². The Labute approximate surface area is 127 Å². The van der Waals surface area contributed by atoms with Crippen LogP contribution in [0.25, 0.3) is 0 Å². The van der Waals surface area contributed by atoms with E-state index in [0.717, 1.165) is 43.6 Å². The Kier molecular flexibility index (Phi) is 7.72. The molecule has 0 saturated carbocycles. The summed E-state index contributed by atoms with van der Waals surface area (Å²) in [5.74, 6) is 0. The first-order valence-corrected chi connectivity index (χ1v) is 9.61. The first kappa shape index (κ1) is 17.6. The Hall–Kier alpha value is -0.430. The Morgan fingerprint density at radius 3 is 2.60 bits per heavy atom. The molecule has 0 aliphatic heterocycles. The van der Waals surface area contributed by atoms with Gasteiger partial charge in [0.1, 0.15) is 4.21 Å². The van der Waals surface area contributed by atoms with Gasteiger partial charge in [-0.15, -0.1) is 11.3 Å². The SMILES string of the molecule is CCCNCCc1ccc(S(=O)(=O)NC(C)CCC)s1. The molecule has 0 radical (unpaired) electrons. The van der Waals surface area contributed by atoms with Gasteiger partial charge in [-0.25, -0.2) is 13.1 Å². The van der Waals surface area contributed by atoms with Crippen molar-refractivity contribution < 1.29 is 8.42 Å². The minimum Gasteiger partial charge on any atom is -0.316 e. The number of rotatable bonds is 10. The van der Waals surface area contributed by atoms with E-state index in [-0.39, 0.29) is 6.04 Å². The molecule has 6 heteroatoms. The maximum absolute atomic E-state index is 12.2. The standard InChI is InChI=1S/C14H26N2O2S2/c1-4-6-12(3)16-20(17,18)14-8-7-13(19-14)9-11-15-10-5-2/h7-8,12,15-16H,4-6,9-11H2,1-3H3. The predicted octanol–water partition coefficient (Wildman–Crippen LogP) is 2.76. The normalized spacial score (nSPS) is 13.6.